The van der Waals surface area contributed by atoms with Crippen LogP contribution in [-0.4, -0.2) is 9.97 Å². The van der Waals surface area contributed by atoms with Gasteiger partial charge in [-0.2, -0.15) is 0 Å². The first kappa shape index (κ1) is 13.2. The minimum Gasteiger partial charge on any atom is -0.397 e. The maximum atomic E-state index is 11.1. The van der Waals surface area contributed by atoms with E-state index in [0.717, 1.165) is 5.56 Å². The normalized spacial score (nSPS) is 10.4. The molecule has 0 atom stereocenters. The van der Waals surface area contributed by atoms with Gasteiger partial charge in [0.25, 0.3) is 0 Å². The molecular weight excluding hydrogens is 266 g/mol. The van der Waals surface area contributed by atoms with Gasteiger partial charge in [-0.25, -0.2) is 0 Å². The molecule has 100 valence electrons. The predicted octanol–water partition coefficient (Wildman–Crippen LogP) is 0.223. The van der Waals surface area contributed by atoms with E-state index in [-0.39, 0.29) is 0 Å². The van der Waals surface area contributed by atoms with Crippen LogP contribution in [0, 0.1) is 0 Å². The second kappa shape index (κ2) is 5.63. The molecule has 7 N–H and O–H groups in total. The zero-order valence-corrected chi connectivity index (χ0v) is 10.7. The summed E-state index contributed by atoms with van der Waals surface area (Å²) in [6, 6.07) is 5.44. The average molecular weight is 279 g/mol. The molecule has 1 aromatic carbocycles. The fourth-order valence-corrected chi connectivity index (χ4v) is 2.27. The molecule has 19 heavy (non-hydrogen) atoms. The molecule has 0 amide bonds. The lowest BCUT2D eigenvalue weighted by molar-refractivity contribution is 0.971. The Kier molecular flexibility index (Phi) is 3.93. The molecule has 0 aliphatic heterocycles. The van der Waals surface area contributed by atoms with E-state index in [0.29, 0.717) is 22.2 Å². The minimum atomic E-state index is -0.661. The Labute approximate surface area is 112 Å². The van der Waals surface area contributed by atoms with Crippen LogP contribution in [0.1, 0.15) is 5.56 Å². The highest BCUT2D eigenvalue weighted by Gasteiger charge is 2.02. The summed E-state index contributed by atoms with van der Waals surface area (Å²) >= 11 is 1.39. The SMILES string of the molecule is NNc1cc(CSc2c[nH]c(=O)c(=O)[nH]2)ccc1N. The standard InChI is InChI=1S/C11H13N5O2S/c12-7-2-1-6(3-8(7)16-13)5-19-9-4-14-10(17)11(18)15-9/h1-4,16H,5,12-13H2,(H,14,17)(H,15,18). The van der Waals surface area contributed by atoms with Crippen molar-refractivity contribution in [3.63, 3.8) is 0 Å². The van der Waals surface area contributed by atoms with Gasteiger partial charge in [0.2, 0.25) is 0 Å². The van der Waals surface area contributed by atoms with Crippen molar-refractivity contribution in [2.45, 2.75) is 10.8 Å². The van der Waals surface area contributed by atoms with Gasteiger partial charge in [-0.15, -0.1) is 11.8 Å². The third kappa shape index (κ3) is 3.18. The highest BCUT2D eigenvalue weighted by molar-refractivity contribution is 7.98. The van der Waals surface area contributed by atoms with E-state index in [1.807, 2.05) is 12.1 Å². The van der Waals surface area contributed by atoms with Gasteiger partial charge in [0.1, 0.15) is 0 Å². The monoisotopic (exact) mass is 279 g/mol. The van der Waals surface area contributed by atoms with Crippen LogP contribution >= 0.6 is 11.8 Å². The smallest absolute Gasteiger partial charge is 0.314 e. The zero-order valence-electron chi connectivity index (χ0n) is 9.90. The number of hydrogen-bond acceptors (Lipinski definition) is 6. The number of aromatic nitrogens is 2. The van der Waals surface area contributed by atoms with E-state index in [9.17, 15) is 9.59 Å². The van der Waals surface area contributed by atoms with Crippen LogP contribution < -0.4 is 28.1 Å². The number of nitrogens with one attached hydrogen (secondary N) is 3. The quantitative estimate of drug-likeness (QED) is 0.179. The first-order valence-electron chi connectivity index (χ1n) is 5.40. The molecule has 1 aromatic heterocycles. The second-order valence-electron chi connectivity index (χ2n) is 3.79. The van der Waals surface area contributed by atoms with Crippen molar-refractivity contribution in [2.75, 3.05) is 11.2 Å². The van der Waals surface area contributed by atoms with E-state index in [2.05, 4.69) is 15.4 Å². The average Bonchev–Trinajstić information content (AvgIpc) is 2.41. The molecule has 8 heteroatoms. The van der Waals surface area contributed by atoms with Crippen molar-refractivity contribution < 1.29 is 0 Å². The Morgan fingerprint density at radius 1 is 1.26 bits per heavy atom. The highest BCUT2D eigenvalue weighted by Crippen LogP contribution is 2.24. The fourth-order valence-electron chi connectivity index (χ4n) is 1.46. The summed E-state index contributed by atoms with van der Waals surface area (Å²) in [6.45, 7) is 0. The summed E-state index contributed by atoms with van der Waals surface area (Å²) < 4.78 is 0. The minimum absolute atomic E-state index is 0.564. The van der Waals surface area contributed by atoms with E-state index in [4.69, 9.17) is 11.6 Å². The maximum Gasteiger partial charge on any atom is 0.314 e. The molecule has 0 aliphatic carbocycles. The first-order valence-corrected chi connectivity index (χ1v) is 6.38. The number of anilines is 2. The molecule has 2 aromatic rings. The molecular formula is C11H13N5O2S. The Hall–Kier alpha value is -2.19. The number of aromatic amines is 2. The lowest BCUT2D eigenvalue weighted by atomic mass is 10.2. The molecule has 0 aliphatic rings. The third-order valence-electron chi connectivity index (χ3n) is 2.44. The lowest BCUT2D eigenvalue weighted by Gasteiger charge is -2.07. The summed E-state index contributed by atoms with van der Waals surface area (Å²) in [4.78, 5) is 26.9. The van der Waals surface area contributed by atoms with Crippen molar-refractivity contribution in [3.8, 4) is 0 Å². The number of hydrogen-bond donors (Lipinski definition) is 5. The van der Waals surface area contributed by atoms with Crippen molar-refractivity contribution in [1.82, 2.24) is 9.97 Å². The summed E-state index contributed by atoms with van der Waals surface area (Å²) in [5.41, 5.74) is 9.09. The highest BCUT2D eigenvalue weighted by atomic mass is 32.2. The fraction of sp³-hybridized carbons (Fsp3) is 0.0909. The Bertz CT molecular complexity index is 694. The Morgan fingerprint density at radius 3 is 2.74 bits per heavy atom. The van der Waals surface area contributed by atoms with Crippen LogP contribution in [0.3, 0.4) is 0 Å². The zero-order chi connectivity index (χ0) is 13.8. The van der Waals surface area contributed by atoms with Crippen LogP contribution in [0.2, 0.25) is 0 Å². The number of thioether (sulfide) groups is 1. The molecule has 0 saturated heterocycles. The summed E-state index contributed by atoms with van der Waals surface area (Å²) in [7, 11) is 0. The van der Waals surface area contributed by atoms with Gasteiger partial charge in [-0.1, -0.05) is 6.07 Å². The van der Waals surface area contributed by atoms with Crippen LogP contribution in [-0.2, 0) is 5.75 Å². The van der Waals surface area contributed by atoms with Crippen LogP contribution in [0.5, 0.6) is 0 Å². The topological polar surface area (TPSA) is 130 Å². The first-order chi connectivity index (χ1) is 9.10. The molecule has 7 nitrogen and oxygen atoms in total. The van der Waals surface area contributed by atoms with Crippen molar-refractivity contribution in [1.29, 1.82) is 0 Å². The number of hydrazine groups is 1. The number of nitrogens with two attached hydrogens (primary N) is 2. The van der Waals surface area contributed by atoms with Gasteiger partial charge in [-0.05, 0) is 17.7 Å². The van der Waals surface area contributed by atoms with Gasteiger partial charge >= 0.3 is 11.1 Å². The molecule has 0 bridgehead atoms. The van der Waals surface area contributed by atoms with Crippen molar-refractivity contribution in [3.05, 3.63) is 50.7 Å². The van der Waals surface area contributed by atoms with E-state index in [1.165, 1.54) is 18.0 Å². The van der Waals surface area contributed by atoms with Crippen LogP contribution in [0.4, 0.5) is 11.4 Å². The maximum absolute atomic E-state index is 11.1. The molecule has 0 radical (unpaired) electrons. The molecule has 0 unspecified atom stereocenters. The van der Waals surface area contributed by atoms with E-state index < -0.39 is 11.1 Å². The molecule has 2 rings (SSSR count). The molecule has 0 spiro atoms. The summed E-state index contributed by atoms with van der Waals surface area (Å²) in [5.74, 6) is 5.95. The summed E-state index contributed by atoms with van der Waals surface area (Å²) in [6.07, 6.45) is 1.47. The number of nitrogen functional groups attached to an aromatic ring is 2. The van der Waals surface area contributed by atoms with E-state index >= 15 is 0 Å². The number of benzene rings is 1. The van der Waals surface area contributed by atoms with E-state index in [1.54, 1.807) is 6.07 Å². The Morgan fingerprint density at radius 2 is 2.05 bits per heavy atom. The van der Waals surface area contributed by atoms with Crippen molar-refractivity contribution in [2.24, 2.45) is 5.84 Å². The number of rotatable bonds is 4. The Balaban J connectivity index is 2.12. The molecule has 0 fully saturated rings. The van der Waals surface area contributed by atoms with Crippen LogP contribution in [0.25, 0.3) is 0 Å². The third-order valence-corrected chi connectivity index (χ3v) is 3.45. The molecule has 1 heterocycles. The van der Waals surface area contributed by atoms with Crippen molar-refractivity contribution >= 4 is 23.1 Å². The largest absolute Gasteiger partial charge is 0.397 e. The van der Waals surface area contributed by atoms with Gasteiger partial charge < -0.3 is 21.1 Å². The predicted molar refractivity (Wildman–Crippen MR) is 75.9 cm³/mol. The van der Waals surface area contributed by atoms with Gasteiger partial charge in [-0.3, -0.25) is 15.4 Å². The molecule has 0 saturated carbocycles. The lowest BCUT2D eigenvalue weighted by Crippen LogP contribution is -2.28. The van der Waals surface area contributed by atoms with Gasteiger partial charge in [0, 0.05) is 11.9 Å². The summed E-state index contributed by atoms with van der Waals surface area (Å²) in [5, 5.41) is 0.587. The van der Waals surface area contributed by atoms with Gasteiger partial charge in [0.05, 0.1) is 16.4 Å². The number of H-pyrrole nitrogens is 2. The second-order valence-corrected chi connectivity index (χ2v) is 4.81. The van der Waals surface area contributed by atoms with Gasteiger partial charge in [0.15, 0.2) is 0 Å². The van der Waals surface area contributed by atoms with Crippen LogP contribution in [0.15, 0.2) is 39.0 Å².